The summed E-state index contributed by atoms with van der Waals surface area (Å²) in [5.74, 6) is 3.11. The van der Waals surface area contributed by atoms with Gasteiger partial charge in [-0.1, -0.05) is 160 Å². The molecule has 0 amide bonds. The van der Waals surface area contributed by atoms with Crippen molar-refractivity contribution in [2.24, 2.45) is 0 Å². The molecule has 396 valence electrons. The Hall–Kier alpha value is -5.18. The molecule has 2 aliphatic carbocycles. The number of rotatable bonds is 20. The van der Waals surface area contributed by atoms with Gasteiger partial charge in [-0.05, 0) is 150 Å². The maximum absolute atomic E-state index is 11.4. The minimum Gasteiger partial charge on any atom is -0.490 e. The molecule has 0 bridgehead atoms. The van der Waals surface area contributed by atoms with E-state index in [1.165, 1.54) is 65.3 Å². The molecule has 5 aromatic carbocycles. The quantitative estimate of drug-likeness (QED) is 0.0563. The first-order valence-corrected chi connectivity index (χ1v) is 27.3. The van der Waals surface area contributed by atoms with Crippen LogP contribution in [0, 0.1) is 0 Å². The van der Waals surface area contributed by atoms with E-state index in [4.69, 9.17) is 51.6 Å². The molecule has 0 saturated carbocycles. The summed E-state index contributed by atoms with van der Waals surface area (Å²) in [4.78, 5) is 22.2. The summed E-state index contributed by atoms with van der Waals surface area (Å²) in [6.07, 6.45) is 8.38. The Morgan fingerprint density at radius 3 is 1.36 bits per heavy atom. The average molecular weight is 1040 g/mol. The van der Waals surface area contributed by atoms with E-state index in [-0.39, 0.29) is 49.6 Å². The summed E-state index contributed by atoms with van der Waals surface area (Å²) in [6, 6.07) is 33.6. The van der Waals surface area contributed by atoms with E-state index in [0.717, 1.165) is 61.5 Å². The molecule has 5 aromatic rings. The van der Waals surface area contributed by atoms with E-state index in [1.807, 2.05) is 0 Å². The number of ether oxygens (including phenoxy) is 6. The molecular formula is C63H82Cl2O8. The number of benzene rings is 5. The van der Waals surface area contributed by atoms with Crippen molar-refractivity contribution in [3.63, 3.8) is 0 Å². The van der Waals surface area contributed by atoms with Gasteiger partial charge in [0.25, 0.3) is 0 Å². The molecule has 1 atom stereocenters. The number of esters is 2. The lowest BCUT2D eigenvalue weighted by Crippen LogP contribution is -2.27. The van der Waals surface area contributed by atoms with Gasteiger partial charge < -0.3 is 28.4 Å². The molecule has 0 saturated heterocycles. The Kier molecular flexibility index (Phi) is 21.2. The van der Waals surface area contributed by atoms with Crippen LogP contribution < -0.4 is 23.7 Å². The van der Waals surface area contributed by atoms with Gasteiger partial charge >= 0.3 is 11.9 Å². The summed E-state index contributed by atoms with van der Waals surface area (Å²) < 4.78 is 34.6. The van der Waals surface area contributed by atoms with Gasteiger partial charge in [0.15, 0.2) is 28.7 Å². The first kappa shape index (κ1) is 58.7. The Morgan fingerprint density at radius 1 is 0.589 bits per heavy atom. The van der Waals surface area contributed by atoms with Crippen molar-refractivity contribution >= 4 is 35.1 Å². The Morgan fingerprint density at radius 2 is 0.986 bits per heavy atom. The van der Waals surface area contributed by atoms with Crippen LogP contribution in [0.15, 0.2) is 97.1 Å². The van der Waals surface area contributed by atoms with E-state index in [1.54, 1.807) is 6.92 Å². The van der Waals surface area contributed by atoms with Crippen LogP contribution in [0.2, 0.25) is 10.0 Å². The second kappa shape index (κ2) is 26.3. The van der Waals surface area contributed by atoms with Crippen molar-refractivity contribution < 1.29 is 38.0 Å². The first-order valence-electron chi connectivity index (χ1n) is 26.6. The zero-order chi connectivity index (χ0) is 53.6. The van der Waals surface area contributed by atoms with Crippen molar-refractivity contribution in [2.75, 3.05) is 33.0 Å². The van der Waals surface area contributed by atoms with E-state index in [2.05, 4.69) is 161 Å². The molecular weight excluding hydrogens is 956 g/mol. The molecule has 0 aliphatic heterocycles. The molecule has 0 heterocycles. The Labute approximate surface area is 447 Å². The van der Waals surface area contributed by atoms with E-state index < -0.39 is 11.9 Å². The highest BCUT2D eigenvalue weighted by Gasteiger charge is 2.57. The van der Waals surface area contributed by atoms with Crippen molar-refractivity contribution in [2.45, 2.75) is 169 Å². The largest absolute Gasteiger partial charge is 0.490 e. The average Bonchev–Trinajstić information content (AvgIpc) is 3.72. The van der Waals surface area contributed by atoms with Crippen LogP contribution in [-0.2, 0) is 31.2 Å². The number of carbonyl (C=O) groups is 2. The monoisotopic (exact) mass is 1040 g/mol. The predicted octanol–water partition coefficient (Wildman–Crippen LogP) is 17.1. The van der Waals surface area contributed by atoms with Crippen molar-refractivity contribution in [1.82, 2.24) is 0 Å². The lowest BCUT2D eigenvalue weighted by Gasteiger charge is -2.31. The third-order valence-electron chi connectivity index (χ3n) is 13.8. The van der Waals surface area contributed by atoms with Crippen LogP contribution in [0.4, 0.5) is 0 Å². The van der Waals surface area contributed by atoms with Crippen LogP contribution in [0.25, 0.3) is 0 Å². The second-order valence-corrected chi connectivity index (χ2v) is 22.2. The van der Waals surface area contributed by atoms with Crippen molar-refractivity contribution in [3.05, 3.63) is 146 Å². The molecule has 0 fully saturated rings. The standard InChI is InChI=1S/C33H48O4.C19H24.C11H10Cl2O4/c1-9-13-34-27-17-23-25(19-29(27)36-15-11-3)33(21-31(23,5)6)22-32(7,8)24-18-28(35-14-10-2)30(20-26(24)33)37-16-12-4;1-4-16(17-11-7-5-8-12-17)15-19(2,3)18-13-9-6-10-14-18;1-3-16-11(15)7-4-8(12)10(9(13)5-7)17-6(2)14/h17-20H,9-16,21-22H2,1-8H3;5-14,16H,4,15H2,1-3H3;4-5H,3H2,1-2H3. The summed E-state index contributed by atoms with van der Waals surface area (Å²) >= 11 is 11.7. The Bertz CT molecular complexity index is 2480. The topological polar surface area (TPSA) is 89.5 Å². The molecule has 0 aromatic heterocycles. The smallest absolute Gasteiger partial charge is 0.338 e. The van der Waals surface area contributed by atoms with Gasteiger partial charge in [0, 0.05) is 12.3 Å². The number of hydrogen-bond acceptors (Lipinski definition) is 8. The van der Waals surface area contributed by atoms with Gasteiger partial charge in [-0.2, -0.15) is 0 Å². The fraction of sp³-hybridized carbons (Fsp3) is 0.492. The number of halogens is 2. The lowest BCUT2D eigenvalue weighted by atomic mass is 9.72. The zero-order valence-corrected chi connectivity index (χ0v) is 47.5. The Balaban J connectivity index is 0.000000229. The van der Waals surface area contributed by atoms with Crippen LogP contribution in [-0.4, -0.2) is 45.0 Å². The van der Waals surface area contributed by atoms with Crippen LogP contribution >= 0.6 is 23.2 Å². The molecule has 7 rings (SSSR count). The lowest BCUT2D eigenvalue weighted by molar-refractivity contribution is -0.131. The number of hydrogen-bond donors (Lipinski definition) is 0. The maximum atomic E-state index is 11.4. The summed E-state index contributed by atoms with van der Waals surface area (Å²) in [5.41, 5.74) is 8.81. The van der Waals surface area contributed by atoms with Crippen LogP contribution in [0.3, 0.4) is 0 Å². The highest BCUT2D eigenvalue weighted by Crippen LogP contribution is 2.65. The SMILES string of the molecule is CCC(CC(C)(C)c1ccccc1)c1ccccc1.CCCOc1cc2c(cc1OCCC)C1(CC2(C)C)CC(C)(C)c2cc(OCCC)c(OCCC)cc21.CCOC(=O)c1cc(Cl)c(OC(C)=O)c(Cl)c1. The third kappa shape index (κ3) is 14.6. The normalized spacial score (nSPS) is 14.8. The first-order chi connectivity index (χ1) is 34.7. The summed E-state index contributed by atoms with van der Waals surface area (Å²) in [6.45, 7) is 31.1. The van der Waals surface area contributed by atoms with Crippen molar-refractivity contribution in [3.8, 4) is 28.7 Å². The van der Waals surface area contributed by atoms with Crippen LogP contribution in [0.1, 0.15) is 191 Å². The highest BCUT2D eigenvalue weighted by atomic mass is 35.5. The van der Waals surface area contributed by atoms with Gasteiger partial charge in [-0.25, -0.2) is 4.79 Å². The maximum Gasteiger partial charge on any atom is 0.338 e. The second-order valence-electron chi connectivity index (χ2n) is 21.3. The third-order valence-corrected chi connectivity index (χ3v) is 14.4. The van der Waals surface area contributed by atoms with Gasteiger partial charge in [0.1, 0.15) is 0 Å². The van der Waals surface area contributed by atoms with Gasteiger partial charge in [0.2, 0.25) is 0 Å². The summed E-state index contributed by atoms with van der Waals surface area (Å²) in [5, 5.41) is 0.159. The fourth-order valence-corrected chi connectivity index (χ4v) is 11.2. The minimum atomic E-state index is -0.544. The molecule has 10 heteroatoms. The van der Waals surface area contributed by atoms with Crippen molar-refractivity contribution in [1.29, 1.82) is 0 Å². The number of carbonyl (C=O) groups excluding carboxylic acids is 2. The molecule has 0 radical (unpaired) electrons. The van der Waals surface area contributed by atoms with E-state index in [9.17, 15) is 9.59 Å². The van der Waals surface area contributed by atoms with Gasteiger partial charge in [0.05, 0.1) is 48.6 Å². The summed E-state index contributed by atoms with van der Waals surface area (Å²) in [7, 11) is 0. The molecule has 1 unspecified atom stereocenters. The highest BCUT2D eigenvalue weighted by molar-refractivity contribution is 6.37. The van der Waals surface area contributed by atoms with Crippen LogP contribution in [0.5, 0.6) is 28.7 Å². The minimum absolute atomic E-state index is 0.0163. The number of fused-ring (bicyclic) bond motifs is 4. The van der Waals surface area contributed by atoms with E-state index in [0.29, 0.717) is 32.3 Å². The predicted molar refractivity (Wildman–Crippen MR) is 299 cm³/mol. The molecule has 2 aliphatic rings. The van der Waals surface area contributed by atoms with E-state index >= 15 is 0 Å². The molecule has 1 spiro atoms. The zero-order valence-electron chi connectivity index (χ0n) is 46.0. The molecule has 8 nitrogen and oxygen atoms in total. The van der Waals surface area contributed by atoms with Gasteiger partial charge in [-0.15, -0.1) is 0 Å². The van der Waals surface area contributed by atoms with Gasteiger partial charge in [-0.3, -0.25) is 4.79 Å². The molecule has 73 heavy (non-hydrogen) atoms. The fourth-order valence-electron chi connectivity index (χ4n) is 10.6. The molecule has 0 N–H and O–H groups in total.